The van der Waals surface area contributed by atoms with E-state index in [-0.39, 0.29) is 0 Å². The normalized spacial score (nSPS) is 10.7. The van der Waals surface area contributed by atoms with Gasteiger partial charge in [-0.15, -0.1) is 0 Å². The summed E-state index contributed by atoms with van der Waals surface area (Å²) in [6.07, 6.45) is 3.48. The van der Waals surface area contributed by atoms with Crippen molar-refractivity contribution in [1.29, 1.82) is 0 Å². The van der Waals surface area contributed by atoms with E-state index in [9.17, 15) is 0 Å². The second-order valence-electron chi connectivity index (χ2n) is 4.83. The molecule has 0 fully saturated rings. The van der Waals surface area contributed by atoms with Gasteiger partial charge in [-0.1, -0.05) is 65.8 Å². The van der Waals surface area contributed by atoms with Gasteiger partial charge in [-0.05, 0) is 23.3 Å². The molecule has 0 spiro atoms. The van der Waals surface area contributed by atoms with E-state index in [1.807, 2.05) is 72.8 Å². The molecule has 0 bridgehead atoms. The molecule has 3 aromatic rings. The number of hydrogen-bond donors (Lipinski definition) is 0. The molecule has 0 atom stereocenters. The summed E-state index contributed by atoms with van der Waals surface area (Å²) in [5.41, 5.74) is 4.07. The van der Waals surface area contributed by atoms with Gasteiger partial charge in [0.15, 0.2) is 0 Å². The van der Waals surface area contributed by atoms with Gasteiger partial charge in [0.05, 0.1) is 11.9 Å². The molecule has 0 unspecified atom stereocenters. The Hall–Kier alpha value is -2.94. The maximum absolute atomic E-state index is 5.32. The third-order valence-electron chi connectivity index (χ3n) is 3.20. The molecule has 0 saturated carbocycles. The maximum Gasteiger partial charge on any atom is 0.142 e. The minimum absolute atomic E-state index is 0.466. The lowest BCUT2D eigenvalue weighted by atomic mass is 10.1. The number of rotatable bonds is 5. The molecular formula is C19H16N2O. The van der Waals surface area contributed by atoms with Crippen LogP contribution in [0.2, 0.25) is 0 Å². The molecule has 1 aromatic heterocycles. The van der Waals surface area contributed by atoms with Crippen molar-refractivity contribution in [2.24, 2.45) is 5.16 Å². The highest BCUT2D eigenvalue weighted by Crippen LogP contribution is 2.16. The van der Waals surface area contributed by atoms with Crippen molar-refractivity contribution < 1.29 is 4.84 Å². The highest BCUT2D eigenvalue weighted by atomic mass is 16.6. The summed E-state index contributed by atoms with van der Waals surface area (Å²) in [6.45, 7) is 0.466. The maximum atomic E-state index is 5.32. The Morgan fingerprint density at radius 3 is 2.41 bits per heavy atom. The van der Waals surface area contributed by atoms with Crippen LogP contribution in [-0.2, 0) is 11.4 Å². The van der Waals surface area contributed by atoms with Crippen molar-refractivity contribution in [2.45, 2.75) is 6.61 Å². The van der Waals surface area contributed by atoms with Crippen molar-refractivity contribution in [3.8, 4) is 11.3 Å². The van der Waals surface area contributed by atoms with E-state index in [1.165, 1.54) is 0 Å². The SMILES string of the molecule is C(=NOCc1ccccc1)c1ccnc(-c2ccccc2)c1. The molecule has 0 N–H and O–H groups in total. The van der Waals surface area contributed by atoms with Crippen LogP contribution in [-0.4, -0.2) is 11.2 Å². The van der Waals surface area contributed by atoms with Gasteiger partial charge in [0.2, 0.25) is 0 Å². The molecule has 2 aromatic carbocycles. The van der Waals surface area contributed by atoms with Gasteiger partial charge in [0.25, 0.3) is 0 Å². The molecule has 0 saturated heterocycles. The van der Waals surface area contributed by atoms with Crippen LogP contribution in [0.1, 0.15) is 11.1 Å². The van der Waals surface area contributed by atoms with E-state index in [4.69, 9.17) is 4.84 Å². The summed E-state index contributed by atoms with van der Waals surface area (Å²) in [5, 5.41) is 4.02. The highest BCUT2D eigenvalue weighted by molar-refractivity contribution is 5.81. The third kappa shape index (κ3) is 3.79. The van der Waals surface area contributed by atoms with Crippen LogP contribution in [0.5, 0.6) is 0 Å². The summed E-state index contributed by atoms with van der Waals surface area (Å²) in [7, 11) is 0. The molecule has 108 valence electrons. The Labute approximate surface area is 129 Å². The smallest absolute Gasteiger partial charge is 0.142 e. The number of hydrogen-bond acceptors (Lipinski definition) is 3. The molecule has 0 radical (unpaired) electrons. The Kier molecular flexibility index (Phi) is 4.57. The first-order valence-corrected chi connectivity index (χ1v) is 7.12. The van der Waals surface area contributed by atoms with Crippen molar-refractivity contribution >= 4 is 6.21 Å². The number of pyridine rings is 1. The zero-order valence-electron chi connectivity index (χ0n) is 12.1. The van der Waals surface area contributed by atoms with Crippen molar-refractivity contribution in [1.82, 2.24) is 4.98 Å². The minimum atomic E-state index is 0.466. The van der Waals surface area contributed by atoms with Crippen LogP contribution < -0.4 is 0 Å². The molecule has 0 aliphatic carbocycles. The topological polar surface area (TPSA) is 34.5 Å². The summed E-state index contributed by atoms with van der Waals surface area (Å²) in [5.74, 6) is 0. The lowest BCUT2D eigenvalue weighted by molar-refractivity contribution is 0.132. The Morgan fingerprint density at radius 2 is 1.64 bits per heavy atom. The van der Waals surface area contributed by atoms with Gasteiger partial charge in [0.1, 0.15) is 6.61 Å². The zero-order valence-corrected chi connectivity index (χ0v) is 12.1. The monoisotopic (exact) mass is 288 g/mol. The Morgan fingerprint density at radius 1 is 0.909 bits per heavy atom. The zero-order chi connectivity index (χ0) is 15.0. The third-order valence-corrected chi connectivity index (χ3v) is 3.20. The van der Waals surface area contributed by atoms with E-state index < -0.39 is 0 Å². The number of benzene rings is 2. The standard InChI is InChI=1S/C19H16N2O/c1-3-7-16(8-4-1)15-22-21-14-17-11-12-20-19(13-17)18-9-5-2-6-10-18/h1-14H,15H2. The van der Waals surface area contributed by atoms with E-state index in [2.05, 4.69) is 10.1 Å². The van der Waals surface area contributed by atoms with Gasteiger partial charge in [-0.3, -0.25) is 4.98 Å². The van der Waals surface area contributed by atoms with Crippen LogP contribution in [0.3, 0.4) is 0 Å². The molecule has 3 nitrogen and oxygen atoms in total. The van der Waals surface area contributed by atoms with Crippen molar-refractivity contribution in [2.75, 3.05) is 0 Å². The fourth-order valence-corrected chi connectivity index (χ4v) is 2.08. The average molecular weight is 288 g/mol. The van der Waals surface area contributed by atoms with Gasteiger partial charge in [0, 0.05) is 11.8 Å². The molecule has 22 heavy (non-hydrogen) atoms. The fourth-order valence-electron chi connectivity index (χ4n) is 2.08. The highest BCUT2D eigenvalue weighted by Gasteiger charge is 1.98. The first-order valence-electron chi connectivity index (χ1n) is 7.12. The molecule has 1 heterocycles. The molecule has 0 aliphatic rings. The van der Waals surface area contributed by atoms with Gasteiger partial charge in [-0.2, -0.15) is 0 Å². The van der Waals surface area contributed by atoms with E-state index in [1.54, 1.807) is 12.4 Å². The van der Waals surface area contributed by atoms with Crippen LogP contribution in [0.4, 0.5) is 0 Å². The fraction of sp³-hybridized carbons (Fsp3) is 0.0526. The largest absolute Gasteiger partial charge is 0.391 e. The van der Waals surface area contributed by atoms with E-state index in [0.29, 0.717) is 6.61 Å². The second kappa shape index (κ2) is 7.18. The lowest BCUT2D eigenvalue weighted by Gasteiger charge is -2.02. The molecular weight excluding hydrogens is 272 g/mol. The van der Waals surface area contributed by atoms with E-state index >= 15 is 0 Å². The molecule has 0 aliphatic heterocycles. The van der Waals surface area contributed by atoms with Crippen molar-refractivity contribution in [3.63, 3.8) is 0 Å². The van der Waals surface area contributed by atoms with Crippen LogP contribution >= 0.6 is 0 Å². The first-order chi connectivity index (χ1) is 10.9. The Balaban J connectivity index is 1.64. The van der Waals surface area contributed by atoms with Gasteiger partial charge < -0.3 is 4.84 Å². The lowest BCUT2D eigenvalue weighted by Crippen LogP contribution is -1.90. The van der Waals surface area contributed by atoms with Gasteiger partial charge in [-0.25, -0.2) is 0 Å². The predicted molar refractivity (Wildman–Crippen MR) is 88.5 cm³/mol. The van der Waals surface area contributed by atoms with Crippen molar-refractivity contribution in [3.05, 3.63) is 90.1 Å². The first kappa shape index (κ1) is 14.0. The summed E-state index contributed by atoms with van der Waals surface area (Å²) < 4.78 is 0. The predicted octanol–water partition coefficient (Wildman–Crippen LogP) is 4.30. The quantitative estimate of drug-likeness (QED) is 0.518. The number of nitrogens with zero attached hydrogens (tertiary/aromatic N) is 2. The van der Waals surface area contributed by atoms with Gasteiger partial charge >= 0.3 is 0 Å². The Bertz CT molecular complexity index is 740. The van der Waals surface area contributed by atoms with Crippen LogP contribution in [0.25, 0.3) is 11.3 Å². The summed E-state index contributed by atoms with van der Waals surface area (Å²) in [4.78, 5) is 9.70. The molecule has 0 amide bonds. The second-order valence-corrected chi connectivity index (χ2v) is 4.83. The molecule has 3 rings (SSSR count). The summed E-state index contributed by atoms with van der Waals surface area (Å²) >= 11 is 0. The van der Waals surface area contributed by atoms with Crippen LogP contribution in [0, 0.1) is 0 Å². The van der Waals surface area contributed by atoms with Crippen LogP contribution in [0.15, 0.2) is 84.1 Å². The summed E-state index contributed by atoms with van der Waals surface area (Å²) in [6, 6.07) is 23.9. The van der Waals surface area contributed by atoms with E-state index in [0.717, 1.165) is 22.4 Å². The number of aromatic nitrogens is 1. The number of oxime groups is 1. The minimum Gasteiger partial charge on any atom is -0.391 e. The molecule has 3 heteroatoms. The average Bonchev–Trinajstić information content (AvgIpc) is 2.61.